The Balaban J connectivity index is 2.26. The number of carbonyl (C=O) groups is 1. The van der Waals surface area contributed by atoms with E-state index in [9.17, 15) is 13.2 Å². The lowest BCUT2D eigenvalue weighted by Crippen LogP contribution is -2.37. The molecule has 0 bridgehead atoms. The van der Waals surface area contributed by atoms with E-state index in [0.29, 0.717) is 11.5 Å². The van der Waals surface area contributed by atoms with Gasteiger partial charge in [-0.15, -0.1) is 0 Å². The van der Waals surface area contributed by atoms with Crippen LogP contribution in [0.3, 0.4) is 0 Å². The molecule has 0 aliphatic heterocycles. The predicted molar refractivity (Wildman–Crippen MR) is 79.9 cm³/mol. The Morgan fingerprint density at radius 2 is 1.95 bits per heavy atom. The van der Waals surface area contributed by atoms with E-state index in [1.165, 1.54) is 18.2 Å². The molecule has 21 heavy (non-hydrogen) atoms. The number of sulfonamides is 1. The minimum absolute atomic E-state index is 0.0190. The van der Waals surface area contributed by atoms with Crippen molar-refractivity contribution in [2.24, 2.45) is 5.92 Å². The highest BCUT2D eigenvalue weighted by Crippen LogP contribution is 2.28. The minimum Gasteiger partial charge on any atom is -0.478 e. The average molecular weight is 311 g/mol. The molecule has 0 unspecified atom stereocenters. The third-order valence-corrected chi connectivity index (χ3v) is 5.87. The van der Waals surface area contributed by atoms with E-state index in [1.807, 2.05) is 6.92 Å². The maximum Gasteiger partial charge on any atom is 0.335 e. The van der Waals surface area contributed by atoms with Gasteiger partial charge in [-0.2, -0.15) is 0 Å². The molecule has 1 aromatic rings. The van der Waals surface area contributed by atoms with Gasteiger partial charge in [-0.05, 0) is 50.3 Å². The summed E-state index contributed by atoms with van der Waals surface area (Å²) in [4.78, 5) is 11.1. The van der Waals surface area contributed by atoms with Gasteiger partial charge in [0.1, 0.15) is 0 Å². The smallest absolute Gasteiger partial charge is 0.335 e. The van der Waals surface area contributed by atoms with Gasteiger partial charge in [-0.3, -0.25) is 0 Å². The van der Waals surface area contributed by atoms with Crippen LogP contribution in [0.5, 0.6) is 0 Å². The zero-order chi connectivity index (χ0) is 15.6. The van der Waals surface area contributed by atoms with Crippen molar-refractivity contribution in [3.63, 3.8) is 0 Å². The first-order chi connectivity index (χ1) is 9.81. The number of nitrogens with one attached hydrogen (secondary N) is 1. The molecule has 2 N–H and O–H groups in total. The lowest BCUT2D eigenvalue weighted by atomic mass is 10.0. The number of aryl methyl sites for hydroxylation is 1. The second kappa shape index (κ2) is 6.15. The van der Waals surface area contributed by atoms with Gasteiger partial charge in [-0.1, -0.05) is 18.9 Å². The molecular formula is C15H21NO4S. The summed E-state index contributed by atoms with van der Waals surface area (Å²) < 4.78 is 27.7. The van der Waals surface area contributed by atoms with E-state index in [2.05, 4.69) is 4.72 Å². The predicted octanol–water partition coefficient (Wildman–Crippen LogP) is 2.55. The van der Waals surface area contributed by atoms with Gasteiger partial charge >= 0.3 is 5.97 Å². The summed E-state index contributed by atoms with van der Waals surface area (Å²) in [6, 6.07) is 4.03. The minimum atomic E-state index is -3.70. The number of benzene rings is 1. The van der Waals surface area contributed by atoms with E-state index < -0.39 is 16.0 Å². The number of hydrogen-bond donors (Lipinski definition) is 2. The zero-order valence-electron chi connectivity index (χ0n) is 12.3. The Labute approximate surface area is 125 Å². The fourth-order valence-electron chi connectivity index (χ4n) is 2.88. The van der Waals surface area contributed by atoms with Crippen molar-refractivity contribution >= 4 is 16.0 Å². The third kappa shape index (κ3) is 3.63. The van der Waals surface area contributed by atoms with Crippen LogP contribution in [-0.4, -0.2) is 25.5 Å². The molecule has 1 atom stereocenters. The van der Waals surface area contributed by atoms with E-state index >= 15 is 0 Å². The number of carboxylic acids is 1. The Morgan fingerprint density at radius 1 is 1.33 bits per heavy atom. The Bertz CT molecular complexity index is 633. The maximum absolute atomic E-state index is 12.5. The third-order valence-electron chi connectivity index (χ3n) is 4.17. The molecule has 116 valence electrons. The van der Waals surface area contributed by atoms with Crippen molar-refractivity contribution in [3.05, 3.63) is 29.3 Å². The van der Waals surface area contributed by atoms with Gasteiger partial charge in [0.15, 0.2) is 0 Å². The largest absolute Gasteiger partial charge is 0.478 e. The van der Waals surface area contributed by atoms with Crippen LogP contribution in [0.25, 0.3) is 0 Å². The van der Waals surface area contributed by atoms with E-state index in [1.54, 1.807) is 6.92 Å². The Morgan fingerprint density at radius 3 is 2.52 bits per heavy atom. The quantitative estimate of drug-likeness (QED) is 0.875. The highest BCUT2D eigenvalue weighted by Gasteiger charge is 2.27. The average Bonchev–Trinajstić information content (AvgIpc) is 2.92. The van der Waals surface area contributed by atoms with Crippen molar-refractivity contribution in [1.82, 2.24) is 4.72 Å². The molecule has 2 rings (SSSR count). The summed E-state index contributed by atoms with van der Waals surface area (Å²) in [6.07, 6.45) is 4.37. The Kier molecular flexibility index (Phi) is 4.68. The first-order valence-corrected chi connectivity index (χ1v) is 8.66. The molecule has 1 saturated carbocycles. The van der Waals surface area contributed by atoms with Crippen molar-refractivity contribution in [3.8, 4) is 0 Å². The lowest BCUT2D eigenvalue weighted by Gasteiger charge is -2.21. The summed E-state index contributed by atoms with van der Waals surface area (Å²) >= 11 is 0. The second-order valence-corrected chi connectivity index (χ2v) is 7.42. The molecule has 0 heterocycles. The van der Waals surface area contributed by atoms with Crippen LogP contribution in [-0.2, 0) is 10.0 Å². The molecule has 0 amide bonds. The van der Waals surface area contributed by atoms with Crippen LogP contribution in [0.2, 0.25) is 0 Å². The topological polar surface area (TPSA) is 83.5 Å². The highest BCUT2D eigenvalue weighted by molar-refractivity contribution is 7.89. The van der Waals surface area contributed by atoms with Crippen LogP contribution in [0.15, 0.2) is 23.1 Å². The molecule has 5 nitrogen and oxygen atoms in total. The molecule has 1 aliphatic carbocycles. The fourth-order valence-corrected chi connectivity index (χ4v) is 4.47. The fraction of sp³-hybridized carbons (Fsp3) is 0.533. The molecule has 1 fully saturated rings. The van der Waals surface area contributed by atoms with Gasteiger partial charge in [0.05, 0.1) is 10.5 Å². The second-order valence-electron chi connectivity index (χ2n) is 5.74. The van der Waals surface area contributed by atoms with Crippen LogP contribution in [0.1, 0.15) is 48.5 Å². The molecule has 0 saturated heterocycles. The van der Waals surface area contributed by atoms with Crippen molar-refractivity contribution in [2.45, 2.75) is 50.5 Å². The Hall–Kier alpha value is -1.40. The van der Waals surface area contributed by atoms with Crippen LogP contribution in [0, 0.1) is 12.8 Å². The summed E-state index contributed by atoms with van der Waals surface area (Å²) in [5.74, 6) is -0.766. The van der Waals surface area contributed by atoms with E-state index in [4.69, 9.17) is 5.11 Å². The van der Waals surface area contributed by atoms with Gasteiger partial charge in [-0.25, -0.2) is 17.9 Å². The number of carboxylic acid groups (broad SMARTS) is 1. The molecule has 0 radical (unpaired) electrons. The monoisotopic (exact) mass is 311 g/mol. The SMILES string of the molecule is Cc1ccc(C(=O)O)cc1S(=O)(=O)N[C@H](C)C1CCCC1. The molecule has 1 aliphatic rings. The van der Waals surface area contributed by atoms with Crippen molar-refractivity contribution < 1.29 is 18.3 Å². The van der Waals surface area contributed by atoms with Gasteiger partial charge in [0.25, 0.3) is 0 Å². The normalized spacial score (nSPS) is 17.8. The van der Waals surface area contributed by atoms with Gasteiger partial charge < -0.3 is 5.11 Å². The van der Waals surface area contributed by atoms with Gasteiger partial charge in [0.2, 0.25) is 10.0 Å². The van der Waals surface area contributed by atoms with Crippen LogP contribution < -0.4 is 4.72 Å². The molecular weight excluding hydrogens is 290 g/mol. The number of rotatable bonds is 5. The standard InChI is InChI=1S/C15H21NO4S/c1-10-7-8-13(15(17)18)9-14(10)21(19,20)16-11(2)12-5-3-4-6-12/h7-9,11-12,16H,3-6H2,1-2H3,(H,17,18)/t11-/m1/s1. The van der Waals surface area contributed by atoms with Gasteiger partial charge in [0, 0.05) is 6.04 Å². The number of aromatic carboxylic acids is 1. The summed E-state index contributed by atoms with van der Waals surface area (Å²) in [7, 11) is -3.70. The summed E-state index contributed by atoms with van der Waals surface area (Å²) in [5, 5.41) is 9.01. The highest BCUT2D eigenvalue weighted by atomic mass is 32.2. The van der Waals surface area contributed by atoms with Crippen molar-refractivity contribution in [2.75, 3.05) is 0 Å². The van der Waals surface area contributed by atoms with E-state index in [0.717, 1.165) is 25.7 Å². The lowest BCUT2D eigenvalue weighted by molar-refractivity contribution is 0.0696. The molecule has 0 aromatic heterocycles. The van der Waals surface area contributed by atoms with Crippen LogP contribution >= 0.6 is 0 Å². The zero-order valence-corrected chi connectivity index (χ0v) is 13.1. The first kappa shape index (κ1) is 16.0. The molecule has 1 aromatic carbocycles. The van der Waals surface area contributed by atoms with Crippen LogP contribution in [0.4, 0.5) is 0 Å². The summed E-state index contributed by atoms with van der Waals surface area (Å²) in [5.41, 5.74) is 0.528. The molecule has 0 spiro atoms. The molecule has 6 heteroatoms. The first-order valence-electron chi connectivity index (χ1n) is 7.17. The maximum atomic E-state index is 12.5. The summed E-state index contributed by atoms with van der Waals surface area (Å²) in [6.45, 7) is 3.55. The number of hydrogen-bond acceptors (Lipinski definition) is 3. The van der Waals surface area contributed by atoms with Crippen molar-refractivity contribution in [1.29, 1.82) is 0 Å². The van der Waals surface area contributed by atoms with E-state index in [-0.39, 0.29) is 16.5 Å².